The summed E-state index contributed by atoms with van der Waals surface area (Å²) in [7, 11) is 0. The summed E-state index contributed by atoms with van der Waals surface area (Å²) >= 11 is 0. The van der Waals surface area contributed by atoms with E-state index in [1.165, 1.54) is 10.5 Å². The normalized spacial score (nSPS) is 11.1. The number of pyridine rings is 1. The molecule has 0 saturated carbocycles. The van der Waals surface area contributed by atoms with Crippen molar-refractivity contribution < 1.29 is 9.90 Å². The molecule has 0 spiro atoms. The smallest absolute Gasteiger partial charge is 0.269 e. The molecule has 0 bridgehead atoms. The molecule has 1 aromatic carbocycles. The van der Waals surface area contributed by atoms with Gasteiger partial charge in [-0.15, -0.1) is 0 Å². The molecule has 6 nitrogen and oxygen atoms in total. The molecule has 0 fully saturated rings. The topological polar surface area (TPSA) is 92.6 Å². The summed E-state index contributed by atoms with van der Waals surface area (Å²) in [4.78, 5) is 16.3. The molecule has 0 aliphatic carbocycles. The Morgan fingerprint density at radius 1 is 1.42 bits per heavy atom. The molecule has 0 radical (unpaired) electrons. The van der Waals surface area contributed by atoms with Crippen molar-refractivity contribution in [3.8, 4) is 5.88 Å². The third-order valence-corrected chi connectivity index (χ3v) is 3.11. The molecule has 2 heterocycles. The van der Waals surface area contributed by atoms with Crippen LogP contribution in [0.25, 0.3) is 16.7 Å². The Morgan fingerprint density at radius 3 is 2.89 bits per heavy atom. The minimum absolute atomic E-state index is 0.0368. The highest BCUT2D eigenvalue weighted by Gasteiger charge is 2.18. The second-order valence-electron chi connectivity index (χ2n) is 4.29. The van der Waals surface area contributed by atoms with Gasteiger partial charge in [0, 0.05) is 6.07 Å². The molecule has 4 N–H and O–H groups in total. The average Bonchev–Trinajstić information content (AvgIpc) is 2.77. The molecule has 19 heavy (non-hydrogen) atoms. The second-order valence-corrected chi connectivity index (χ2v) is 4.29. The Bertz CT molecular complexity index is 807. The summed E-state index contributed by atoms with van der Waals surface area (Å²) in [6, 6.07) is 8.86. The first-order chi connectivity index (χ1) is 9.13. The lowest BCUT2D eigenvalue weighted by Gasteiger charge is -2.08. The van der Waals surface area contributed by atoms with E-state index in [9.17, 15) is 9.90 Å². The van der Waals surface area contributed by atoms with E-state index in [2.05, 4.69) is 10.4 Å². The molecule has 1 amide bonds. The number of carbonyl (C=O) groups is 1. The lowest BCUT2D eigenvalue weighted by molar-refractivity contribution is 0.0954. The number of benzene rings is 1. The highest BCUT2D eigenvalue weighted by molar-refractivity contribution is 6.03. The predicted octanol–water partition coefficient (Wildman–Crippen LogP) is 1.11. The molecule has 0 aliphatic heterocycles. The average molecular weight is 256 g/mol. The molecule has 0 aliphatic rings. The van der Waals surface area contributed by atoms with Gasteiger partial charge in [-0.1, -0.05) is 12.1 Å². The van der Waals surface area contributed by atoms with Gasteiger partial charge >= 0.3 is 0 Å². The van der Waals surface area contributed by atoms with Crippen molar-refractivity contribution in [2.75, 3.05) is 0 Å². The summed E-state index contributed by atoms with van der Waals surface area (Å²) in [6.45, 7) is 1.73. The van der Waals surface area contributed by atoms with Gasteiger partial charge < -0.3 is 5.11 Å². The SMILES string of the molecule is Cc1cc(O)n2c(nc3ccccc32)c1C(=O)NN. The van der Waals surface area contributed by atoms with Crippen molar-refractivity contribution in [2.24, 2.45) is 5.84 Å². The zero-order chi connectivity index (χ0) is 13.6. The van der Waals surface area contributed by atoms with E-state index in [-0.39, 0.29) is 5.88 Å². The largest absolute Gasteiger partial charge is 0.494 e. The third kappa shape index (κ3) is 1.54. The van der Waals surface area contributed by atoms with Gasteiger partial charge in [-0.05, 0) is 24.6 Å². The monoisotopic (exact) mass is 256 g/mol. The molecule has 6 heteroatoms. The number of hydrogen-bond donors (Lipinski definition) is 3. The number of nitrogens with two attached hydrogens (primary N) is 1. The molecule has 3 aromatic rings. The first kappa shape index (κ1) is 11.5. The Hall–Kier alpha value is -2.60. The van der Waals surface area contributed by atoms with Crippen molar-refractivity contribution in [1.82, 2.24) is 14.8 Å². The van der Waals surface area contributed by atoms with E-state index in [1.807, 2.05) is 24.3 Å². The van der Waals surface area contributed by atoms with Crippen LogP contribution in [0.3, 0.4) is 0 Å². The fourth-order valence-corrected chi connectivity index (χ4v) is 2.29. The molecule has 3 rings (SSSR count). The first-order valence-corrected chi connectivity index (χ1v) is 5.74. The number of hydrogen-bond acceptors (Lipinski definition) is 4. The van der Waals surface area contributed by atoms with Crippen LogP contribution < -0.4 is 11.3 Å². The molecule has 0 unspecified atom stereocenters. The van der Waals surface area contributed by atoms with Crippen molar-refractivity contribution in [3.05, 3.63) is 41.5 Å². The van der Waals surface area contributed by atoms with Gasteiger partial charge in [0.2, 0.25) is 0 Å². The maximum absolute atomic E-state index is 11.9. The third-order valence-electron chi connectivity index (χ3n) is 3.11. The fourth-order valence-electron chi connectivity index (χ4n) is 2.29. The van der Waals surface area contributed by atoms with Crippen LogP contribution in [0.15, 0.2) is 30.3 Å². The molecule has 0 saturated heterocycles. The van der Waals surface area contributed by atoms with E-state index in [1.54, 1.807) is 6.92 Å². The Kier molecular flexibility index (Phi) is 2.39. The summed E-state index contributed by atoms with van der Waals surface area (Å²) in [6.07, 6.45) is 0. The molecule has 0 atom stereocenters. The highest BCUT2D eigenvalue weighted by atomic mass is 16.3. The number of aryl methyl sites for hydroxylation is 1. The van der Waals surface area contributed by atoms with Crippen LogP contribution in [0, 0.1) is 6.92 Å². The van der Waals surface area contributed by atoms with E-state index in [4.69, 9.17) is 5.84 Å². The first-order valence-electron chi connectivity index (χ1n) is 5.74. The van der Waals surface area contributed by atoms with Crippen LogP contribution in [0.1, 0.15) is 15.9 Å². The Labute approximate surface area is 108 Å². The Morgan fingerprint density at radius 2 is 2.16 bits per heavy atom. The lowest BCUT2D eigenvalue weighted by atomic mass is 10.1. The minimum Gasteiger partial charge on any atom is -0.494 e. The van der Waals surface area contributed by atoms with Crippen molar-refractivity contribution in [1.29, 1.82) is 0 Å². The number of aromatic hydroxyl groups is 1. The van der Waals surface area contributed by atoms with E-state index < -0.39 is 5.91 Å². The van der Waals surface area contributed by atoms with Crippen LogP contribution in [-0.4, -0.2) is 20.4 Å². The zero-order valence-corrected chi connectivity index (χ0v) is 10.2. The summed E-state index contributed by atoms with van der Waals surface area (Å²) < 4.78 is 1.53. The number of para-hydroxylation sites is 2. The number of nitrogen functional groups attached to an aromatic ring is 1. The lowest BCUT2D eigenvalue weighted by Crippen LogP contribution is -2.31. The van der Waals surface area contributed by atoms with E-state index in [0.717, 1.165) is 5.52 Å². The number of nitrogens with one attached hydrogen (secondary N) is 1. The number of aromatic nitrogens is 2. The van der Waals surface area contributed by atoms with Crippen molar-refractivity contribution in [2.45, 2.75) is 6.92 Å². The molecule has 2 aromatic heterocycles. The number of imidazole rings is 1. The van der Waals surface area contributed by atoms with Crippen LogP contribution in [0.2, 0.25) is 0 Å². The number of nitrogens with zero attached hydrogens (tertiary/aromatic N) is 2. The van der Waals surface area contributed by atoms with Gasteiger partial charge in [0.15, 0.2) is 11.5 Å². The van der Waals surface area contributed by atoms with Gasteiger partial charge in [-0.25, -0.2) is 10.8 Å². The van der Waals surface area contributed by atoms with Crippen molar-refractivity contribution >= 4 is 22.6 Å². The standard InChI is InChI=1S/C13H12N4O2/c1-7-6-10(18)17-9-5-3-2-4-8(9)15-12(17)11(7)13(19)16-14/h2-6,18H,14H2,1H3,(H,16,19). The van der Waals surface area contributed by atoms with Gasteiger partial charge in [0.25, 0.3) is 5.91 Å². The fraction of sp³-hybridized carbons (Fsp3) is 0.0769. The van der Waals surface area contributed by atoms with E-state index >= 15 is 0 Å². The summed E-state index contributed by atoms with van der Waals surface area (Å²) in [5, 5.41) is 10.1. The predicted molar refractivity (Wildman–Crippen MR) is 70.8 cm³/mol. The number of rotatable bonds is 1. The maximum Gasteiger partial charge on any atom is 0.269 e. The molecular formula is C13H12N4O2. The van der Waals surface area contributed by atoms with Gasteiger partial charge in [0.1, 0.15) is 0 Å². The van der Waals surface area contributed by atoms with Gasteiger partial charge in [0.05, 0.1) is 16.6 Å². The van der Waals surface area contributed by atoms with Crippen LogP contribution >= 0.6 is 0 Å². The molecular weight excluding hydrogens is 244 g/mol. The highest BCUT2D eigenvalue weighted by Crippen LogP contribution is 2.27. The van der Waals surface area contributed by atoms with Crippen LogP contribution in [0.5, 0.6) is 5.88 Å². The number of carbonyl (C=O) groups excluding carboxylic acids is 1. The summed E-state index contributed by atoms with van der Waals surface area (Å²) in [5.74, 6) is 4.80. The van der Waals surface area contributed by atoms with Gasteiger partial charge in [-0.2, -0.15) is 0 Å². The van der Waals surface area contributed by atoms with Crippen LogP contribution in [0.4, 0.5) is 0 Å². The van der Waals surface area contributed by atoms with Crippen molar-refractivity contribution in [3.63, 3.8) is 0 Å². The second kappa shape index (κ2) is 3.96. The molecule has 96 valence electrons. The summed E-state index contributed by atoms with van der Waals surface area (Å²) in [5.41, 5.74) is 4.91. The van der Waals surface area contributed by atoms with E-state index in [0.29, 0.717) is 22.3 Å². The minimum atomic E-state index is -0.433. The Balaban J connectivity index is 2.54. The number of hydrazine groups is 1. The number of amides is 1. The maximum atomic E-state index is 11.9. The van der Waals surface area contributed by atoms with Gasteiger partial charge in [-0.3, -0.25) is 14.6 Å². The van der Waals surface area contributed by atoms with Crippen LogP contribution in [-0.2, 0) is 0 Å². The number of fused-ring (bicyclic) bond motifs is 3. The quantitative estimate of drug-likeness (QED) is 0.345. The zero-order valence-electron chi connectivity index (χ0n) is 10.2.